The summed E-state index contributed by atoms with van der Waals surface area (Å²) in [5, 5.41) is 9.61. The summed E-state index contributed by atoms with van der Waals surface area (Å²) >= 11 is 12.3. The van der Waals surface area contributed by atoms with Crippen molar-refractivity contribution in [3.63, 3.8) is 0 Å². The van der Waals surface area contributed by atoms with Gasteiger partial charge in [-0.25, -0.2) is 16.8 Å². The molecule has 0 bridgehead atoms. The Labute approximate surface area is 290 Å². The highest BCUT2D eigenvalue weighted by molar-refractivity contribution is 7.92. The first kappa shape index (κ1) is 35.9. The van der Waals surface area contributed by atoms with Gasteiger partial charge in [0.05, 0.1) is 28.4 Å². The smallest absolute Gasteiger partial charge is 0.257 e. The molecule has 2 fully saturated rings. The number of anilines is 3. The van der Waals surface area contributed by atoms with Gasteiger partial charge in [-0.15, -0.1) is 0 Å². The van der Waals surface area contributed by atoms with E-state index in [1.807, 2.05) is 4.90 Å². The molecule has 2 amide bonds. The molecular weight excluding hydrogens is 701 g/mol. The number of piperazine rings is 1. The molecule has 5 N–H and O–H groups in total. The van der Waals surface area contributed by atoms with Gasteiger partial charge in [-0.1, -0.05) is 29.3 Å². The molecule has 2 atom stereocenters. The van der Waals surface area contributed by atoms with E-state index in [0.717, 1.165) is 16.2 Å². The number of rotatable bonds is 10. The quantitative estimate of drug-likeness (QED) is 0.244. The van der Waals surface area contributed by atoms with Gasteiger partial charge in [0.15, 0.2) is 0 Å². The van der Waals surface area contributed by atoms with Gasteiger partial charge in [0, 0.05) is 73.8 Å². The monoisotopic (exact) mass is 737 g/mol. The number of nitrogens with zero attached hydrogens (tertiary/aromatic N) is 3. The summed E-state index contributed by atoms with van der Waals surface area (Å²) in [7, 11) is -6.20. The lowest BCUT2D eigenvalue weighted by Gasteiger charge is -2.35. The molecule has 3 aromatic carbocycles. The minimum Gasteiger partial charge on any atom is -0.369 e. The van der Waals surface area contributed by atoms with Crippen molar-refractivity contribution in [2.45, 2.75) is 29.9 Å². The number of hydrogen-bond donors (Lipinski definition) is 4. The van der Waals surface area contributed by atoms with Crippen LogP contribution in [0.1, 0.15) is 22.3 Å². The summed E-state index contributed by atoms with van der Waals surface area (Å²) < 4.78 is 54.0. The zero-order valence-electron chi connectivity index (χ0n) is 26.3. The van der Waals surface area contributed by atoms with Crippen LogP contribution in [-0.4, -0.2) is 91.1 Å². The number of halogens is 2. The van der Waals surface area contributed by atoms with Crippen molar-refractivity contribution in [1.29, 1.82) is 0 Å². The van der Waals surface area contributed by atoms with E-state index >= 15 is 0 Å². The topological polar surface area (TPSA) is 174 Å². The van der Waals surface area contributed by atoms with Crippen molar-refractivity contribution in [1.82, 2.24) is 14.9 Å². The fourth-order valence-corrected chi connectivity index (χ4v) is 8.02. The largest absolute Gasteiger partial charge is 0.369 e. The molecule has 0 aromatic heterocycles. The van der Waals surface area contributed by atoms with Gasteiger partial charge >= 0.3 is 0 Å². The van der Waals surface area contributed by atoms with Crippen LogP contribution in [0.2, 0.25) is 10.0 Å². The molecule has 3 aromatic rings. The number of nitrogens with two attached hydrogens (primary N) is 1. The second-order valence-corrected chi connectivity index (χ2v) is 16.6. The minimum atomic E-state index is -3.82. The first-order valence-electron chi connectivity index (χ1n) is 15.1. The van der Waals surface area contributed by atoms with E-state index in [1.54, 1.807) is 24.3 Å². The van der Waals surface area contributed by atoms with E-state index in [0.29, 0.717) is 47.4 Å². The standard InChI is InChI=1S/C31H37Cl2N7O6S2/c1-38(47(2,43)44)29-8-3-20(18-36-31(42)28-17-23(34)19-35-28)13-27(29)30(41)37-24-4-6-26(7-5-24)48(45,46)40-11-9-39(10-12-40)25-15-21(32)14-22(33)16-25/h3-8,13-16,23,28,35H,9-12,17-19,34H2,1-2H3,(H,36,42)(H,37,41)/t23-,28-/m0/s1. The predicted molar refractivity (Wildman–Crippen MR) is 188 cm³/mol. The molecule has 2 saturated heterocycles. The van der Waals surface area contributed by atoms with E-state index in [2.05, 4.69) is 16.0 Å². The molecular formula is C31H37Cl2N7O6S2. The molecule has 0 aliphatic carbocycles. The predicted octanol–water partition coefficient (Wildman–Crippen LogP) is 2.46. The lowest BCUT2D eigenvalue weighted by Crippen LogP contribution is -2.48. The number of benzene rings is 3. The second kappa shape index (κ2) is 14.6. The van der Waals surface area contributed by atoms with Crippen LogP contribution in [0.3, 0.4) is 0 Å². The Bertz CT molecular complexity index is 1880. The van der Waals surface area contributed by atoms with Crippen molar-refractivity contribution in [3.05, 3.63) is 81.8 Å². The molecule has 17 heteroatoms. The van der Waals surface area contributed by atoms with Crippen LogP contribution in [0.25, 0.3) is 0 Å². The summed E-state index contributed by atoms with van der Waals surface area (Å²) in [4.78, 5) is 28.2. The lowest BCUT2D eigenvalue weighted by molar-refractivity contribution is -0.122. The van der Waals surface area contributed by atoms with Gasteiger partial charge in [-0.3, -0.25) is 13.9 Å². The molecule has 13 nitrogen and oxygen atoms in total. The van der Waals surface area contributed by atoms with Crippen LogP contribution >= 0.6 is 23.2 Å². The molecule has 2 aliphatic heterocycles. The van der Waals surface area contributed by atoms with Crippen molar-refractivity contribution in [2.75, 3.05) is 60.5 Å². The Morgan fingerprint density at radius 2 is 1.60 bits per heavy atom. The highest BCUT2D eigenvalue weighted by atomic mass is 35.5. The van der Waals surface area contributed by atoms with E-state index in [9.17, 15) is 26.4 Å². The van der Waals surface area contributed by atoms with Crippen LogP contribution in [0.15, 0.2) is 65.6 Å². The van der Waals surface area contributed by atoms with Crippen LogP contribution in [0, 0.1) is 0 Å². The van der Waals surface area contributed by atoms with Gasteiger partial charge in [0.25, 0.3) is 5.91 Å². The first-order valence-corrected chi connectivity index (χ1v) is 19.1. The summed E-state index contributed by atoms with van der Waals surface area (Å²) in [5.74, 6) is -0.848. The van der Waals surface area contributed by atoms with Gasteiger partial charge in [0.2, 0.25) is 26.0 Å². The molecule has 5 rings (SSSR count). The van der Waals surface area contributed by atoms with Crippen molar-refractivity contribution in [2.24, 2.45) is 5.73 Å². The van der Waals surface area contributed by atoms with E-state index in [-0.39, 0.29) is 47.7 Å². The Balaban J connectivity index is 1.27. The maximum atomic E-state index is 13.5. The Morgan fingerprint density at radius 1 is 0.958 bits per heavy atom. The van der Waals surface area contributed by atoms with E-state index in [1.165, 1.54) is 47.8 Å². The van der Waals surface area contributed by atoms with Crippen LogP contribution < -0.4 is 30.9 Å². The number of sulfonamides is 2. The lowest BCUT2D eigenvalue weighted by atomic mass is 10.1. The minimum absolute atomic E-state index is 0.0475. The molecule has 2 aliphatic rings. The number of carbonyl (C=O) groups is 2. The molecule has 2 heterocycles. The average molecular weight is 739 g/mol. The van der Waals surface area contributed by atoms with Crippen molar-refractivity contribution in [3.8, 4) is 0 Å². The summed E-state index contributed by atoms with van der Waals surface area (Å²) in [6, 6.07) is 15.1. The van der Waals surface area contributed by atoms with Crippen LogP contribution in [0.5, 0.6) is 0 Å². The van der Waals surface area contributed by atoms with Gasteiger partial charge < -0.3 is 26.6 Å². The maximum Gasteiger partial charge on any atom is 0.257 e. The number of hydrogen-bond acceptors (Lipinski definition) is 9. The van der Waals surface area contributed by atoms with Crippen molar-refractivity contribution >= 4 is 72.1 Å². The van der Waals surface area contributed by atoms with Gasteiger partial charge in [0.1, 0.15) is 0 Å². The second-order valence-electron chi connectivity index (χ2n) is 11.8. The fraction of sp³-hybridized carbons (Fsp3) is 0.355. The van der Waals surface area contributed by atoms with Crippen LogP contribution in [0.4, 0.5) is 17.1 Å². The third-order valence-corrected chi connectivity index (χ3v) is 11.8. The van der Waals surface area contributed by atoms with E-state index < -0.39 is 32.0 Å². The SMILES string of the molecule is CN(c1ccc(CNC(=O)[C@@H]2C[C@H](N)CN2)cc1C(=O)Nc1ccc(S(=O)(=O)N2CCN(c3cc(Cl)cc(Cl)c3)CC2)cc1)S(C)(=O)=O. The van der Waals surface area contributed by atoms with Gasteiger partial charge in [-0.2, -0.15) is 4.31 Å². The number of carbonyl (C=O) groups excluding carboxylic acids is 2. The fourth-order valence-electron chi connectivity index (χ4n) is 5.57. The average Bonchev–Trinajstić information content (AvgIpc) is 3.49. The Morgan fingerprint density at radius 3 is 2.19 bits per heavy atom. The molecule has 0 unspecified atom stereocenters. The van der Waals surface area contributed by atoms with E-state index in [4.69, 9.17) is 28.9 Å². The molecule has 258 valence electrons. The summed E-state index contributed by atoms with van der Waals surface area (Å²) in [6.07, 6.45) is 1.53. The molecule has 48 heavy (non-hydrogen) atoms. The Hall–Kier alpha value is -3.44. The highest BCUT2D eigenvalue weighted by Crippen LogP contribution is 2.28. The maximum absolute atomic E-state index is 13.5. The summed E-state index contributed by atoms with van der Waals surface area (Å²) in [6.45, 7) is 2.04. The number of nitrogens with one attached hydrogen (secondary N) is 3. The molecule has 0 saturated carbocycles. The third-order valence-electron chi connectivity index (χ3n) is 8.29. The summed E-state index contributed by atoms with van der Waals surface area (Å²) in [5.41, 5.74) is 7.75. The Kier molecular flexibility index (Phi) is 10.9. The zero-order chi connectivity index (χ0) is 34.8. The first-order chi connectivity index (χ1) is 22.6. The molecule has 0 spiro atoms. The normalized spacial score (nSPS) is 18.8. The van der Waals surface area contributed by atoms with Crippen molar-refractivity contribution < 1.29 is 26.4 Å². The number of amides is 2. The van der Waals surface area contributed by atoms with Gasteiger partial charge in [-0.05, 0) is 66.6 Å². The zero-order valence-corrected chi connectivity index (χ0v) is 29.5. The highest BCUT2D eigenvalue weighted by Gasteiger charge is 2.30. The molecule has 0 radical (unpaired) electrons. The third kappa shape index (κ3) is 8.40. The van der Waals surface area contributed by atoms with Crippen LogP contribution in [-0.2, 0) is 31.4 Å².